The molecule has 1 aromatic carbocycles. The number of fused-ring (bicyclic) bond motifs is 1. The zero-order chi connectivity index (χ0) is 14.8. The number of nitriles is 1. The predicted octanol–water partition coefficient (Wildman–Crippen LogP) is 3.19. The van der Waals surface area contributed by atoms with Crippen LogP contribution in [-0.4, -0.2) is 18.1 Å². The van der Waals surface area contributed by atoms with Crippen molar-refractivity contribution in [3.63, 3.8) is 0 Å². The fourth-order valence-electron chi connectivity index (χ4n) is 2.61. The van der Waals surface area contributed by atoms with Crippen molar-refractivity contribution in [2.24, 2.45) is 0 Å². The molecule has 106 valence electrons. The number of carbonyl (C=O) groups is 1. The van der Waals surface area contributed by atoms with Crippen molar-refractivity contribution in [3.8, 4) is 11.8 Å². The number of carbonyl (C=O) groups excluding carboxylic acids is 1. The first-order valence-electron chi connectivity index (χ1n) is 7.06. The number of nitrogens with zero attached hydrogens (tertiary/aromatic N) is 2. The molecule has 0 fully saturated rings. The quantitative estimate of drug-likeness (QED) is 0.845. The first kappa shape index (κ1) is 14.4. The molecule has 4 heteroatoms. The largest absolute Gasteiger partial charge is 0.475 e. The molecule has 0 atom stereocenters. The summed E-state index contributed by atoms with van der Waals surface area (Å²) in [4.78, 5) is 14.5. The minimum atomic E-state index is -0.794. The third-order valence-electron chi connectivity index (χ3n) is 3.93. The second kappa shape index (κ2) is 5.54. The molecular weight excluding hydrogens is 252 g/mol. The van der Waals surface area contributed by atoms with Crippen molar-refractivity contribution in [2.75, 3.05) is 11.4 Å². The van der Waals surface area contributed by atoms with Crippen LogP contribution in [0.15, 0.2) is 18.2 Å². The van der Waals surface area contributed by atoms with E-state index in [0.29, 0.717) is 25.8 Å². The van der Waals surface area contributed by atoms with Gasteiger partial charge in [0.2, 0.25) is 0 Å². The maximum atomic E-state index is 12.8. The van der Waals surface area contributed by atoms with Crippen LogP contribution in [0.2, 0.25) is 0 Å². The van der Waals surface area contributed by atoms with Crippen molar-refractivity contribution < 1.29 is 9.53 Å². The lowest BCUT2D eigenvalue weighted by Gasteiger charge is -2.42. The first-order valence-corrected chi connectivity index (χ1v) is 7.06. The number of aryl methyl sites for hydroxylation is 1. The van der Waals surface area contributed by atoms with Gasteiger partial charge in [0.1, 0.15) is 5.75 Å². The van der Waals surface area contributed by atoms with Gasteiger partial charge in [0, 0.05) is 6.54 Å². The van der Waals surface area contributed by atoms with E-state index < -0.39 is 5.60 Å². The molecule has 0 bridgehead atoms. The Morgan fingerprint density at radius 2 is 2.05 bits per heavy atom. The van der Waals surface area contributed by atoms with Gasteiger partial charge in [0.05, 0.1) is 18.2 Å². The van der Waals surface area contributed by atoms with Crippen LogP contribution in [0, 0.1) is 18.3 Å². The molecule has 1 aliphatic heterocycles. The molecule has 20 heavy (non-hydrogen) atoms. The minimum Gasteiger partial charge on any atom is -0.475 e. The number of hydrogen-bond acceptors (Lipinski definition) is 3. The van der Waals surface area contributed by atoms with E-state index in [1.807, 2.05) is 39.0 Å². The molecule has 0 aliphatic carbocycles. The van der Waals surface area contributed by atoms with Gasteiger partial charge in [-0.05, 0) is 37.5 Å². The molecule has 0 saturated carbocycles. The molecule has 2 rings (SSSR count). The third kappa shape index (κ3) is 2.24. The summed E-state index contributed by atoms with van der Waals surface area (Å²) in [5.41, 5.74) is 1.06. The van der Waals surface area contributed by atoms with E-state index in [9.17, 15) is 4.79 Å². The summed E-state index contributed by atoms with van der Waals surface area (Å²) in [6.45, 7) is 6.32. The standard InChI is InChI=1S/C16H20N2O2/c1-4-16(5-2)15(19)18(10-6-9-17)13-11-12(3)7-8-14(13)20-16/h7-8,11H,4-6,10H2,1-3H3. The maximum Gasteiger partial charge on any atom is 0.271 e. The highest BCUT2D eigenvalue weighted by Gasteiger charge is 2.45. The van der Waals surface area contributed by atoms with Crippen LogP contribution >= 0.6 is 0 Å². The summed E-state index contributed by atoms with van der Waals surface area (Å²) in [7, 11) is 0. The van der Waals surface area contributed by atoms with Gasteiger partial charge in [0.15, 0.2) is 5.60 Å². The minimum absolute atomic E-state index is 0.0316. The van der Waals surface area contributed by atoms with Crippen molar-refractivity contribution in [1.82, 2.24) is 0 Å². The Bertz CT molecular complexity index is 556. The Kier molecular flexibility index (Phi) is 3.99. The topological polar surface area (TPSA) is 53.3 Å². The Labute approximate surface area is 120 Å². The van der Waals surface area contributed by atoms with Crippen molar-refractivity contribution in [3.05, 3.63) is 23.8 Å². The van der Waals surface area contributed by atoms with Gasteiger partial charge < -0.3 is 9.64 Å². The Morgan fingerprint density at radius 3 is 2.65 bits per heavy atom. The van der Waals surface area contributed by atoms with Gasteiger partial charge in [-0.2, -0.15) is 5.26 Å². The van der Waals surface area contributed by atoms with Gasteiger partial charge >= 0.3 is 0 Å². The van der Waals surface area contributed by atoms with E-state index in [4.69, 9.17) is 10.00 Å². The predicted molar refractivity (Wildman–Crippen MR) is 77.7 cm³/mol. The molecule has 1 aromatic rings. The van der Waals surface area contributed by atoms with Crippen LogP contribution in [0.1, 0.15) is 38.7 Å². The molecule has 1 amide bonds. The molecule has 0 N–H and O–H groups in total. The zero-order valence-corrected chi connectivity index (χ0v) is 12.3. The average Bonchev–Trinajstić information content (AvgIpc) is 2.46. The van der Waals surface area contributed by atoms with E-state index in [1.165, 1.54) is 0 Å². The molecule has 1 heterocycles. The molecular formula is C16H20N2O2. The second-order valence-electron chi connectivity index (χ2n) is 5.14. The zero-order valence-electron chi connectivity index (χ0n) is 12.3. The lowest BCUT2D eigenvalue weighted by atomic mass is 9.92. The number of benzene rings is 1. The van der Waals surface area contributed by atoms with Gasteiger partial charge in [-0.1, -0.05) is 19.9 Å². The monoisotopic (exact) mass is 272 g/mol. The summed E-state index contributed by atoms with van der Waals surface area (Å²) < 4.78 is 6.02. The van der Waals surface area contributed by atoms with Crippen LogP contribution in [0.3, 0.4) is 0 Å². The molecule has 0 aromatic heterocycles. The van der Waals surface area contributed by atoms with Crippen LogP contribution in [-0.2, 0) is 4.79 Å². The van der Waals surface area contributed by atoms with Crippen LogP contribution in [0.4, 0.5) is 5.69 Å². The third-order valence-corrected chi connectivity index (χ3v) is 3.93. The lowest BCUT2D eigenvalue weighted by molar-refractivity contribution is -0.136. The fraction of sp³-hybridized carbons (Fsp3) is 0.500. The highest BCUT2D eigenvalue weighted by molar-refractivity contribution is 6.02. The number of ether oxygens (including phenoxy) is 1. The van der Waals surface area contributed by atoms with Crippen molar-refractivity contribution in [2.45, 2.75) is 45.6 Å². The van der Waals surface area contributed by atoms with E-state index in [1.54, 1.807) is 4.90 Å². The number of hydrogen-bond donors (Lipinski definition) is 0. The number of amides is 1. The van der Waals surface area contributed by atoms with Crippen LogP contribution < -0.4 is 9.64 Å². The smallest absolute Gasteiger partial charge is 0.271 e. The van der Waals surface area contributed by atoms with Crippen LogP contribution in [0.5, 0.6) is 5.75 Å². The normalized spacial score (nSPS) is 16.3. The summed E-state index contributed by atoms with van der Waals surface area (Å²) in [6.07, 6.45) is 1.57. The summed E-state index contributed by atoms with van der Waals surface area (Å²) in [6, 6.07) is 7.95. The molecule has 4 nitrogen and oxygen atoms in total. The fourth-order valence-corrected chi connectivity index (χ4v) is 2.61. The summed E-state index contributed by atoms with van der Waals surface area (Å²) in [5, 5.41) is 8.81. The van der Waals surface area contributed by atoms with E-state index in [0.717, 1.165) is 17.0 Å². The SMILES string of the molecule is CCC1(CC)Oc2ccc(C)cc2N(CCC#N)C1=O. The number of anilines is 1. The molecule has 1 aliphatic rings. The van der Waals surface area contributed by atoms with E-state index in [2.05, 4.69) is 6.07 Å². The van der Waals surface area contributed by atoms with Crippen molar-refractivity contribution in [1.29, 1.82) is 5.26 Å². The Hall–Kier alpha value is -2.02. The Morgan fingerprint density at radius 1 is 1.35 bits per heavy atom. The van der Waals surface area contributed by atoms with Crippen molar-refractivity contribution >= 4 is 11.6 Å². The summed E-state index contributed by atoms with van der Waals surface area (Å²) in [5.74, 6) is 0.702. The van der Waals surface area contributed by atoms with Crippen LogP contribution in [0.25, 0.3) is 0 Å². The first-order chi connectivity index (χ1) is 9.57. The van der Waals surface area contributed by atoms with Gasteiger partial charge in [-0.25, -0.2) is 0 Å². The summed E-state index contributed by atoms with van der Waals surface area (Å²) >= 11 is 0. The van der Waals surface area contributed by atoms with Gasteiger partial charge in [0.25, 0.3) is 5.91 Å². The highest BCUT2D eigenvalue weighted by atomic mass is 16.5. The van der Waals surface area contributed by atoms with Gasteiger partial charge in [-0.15, -0.1) is 0 Å². The average molecular weight is 272 g/mol. The molecule has 0 spiro atoms. The highest BCUT2D eigenvalue weighted by Crippen LogP contribution is 2.41. The Balaban J connectivity index is 2.50. The molecule has 0 radical (unpaired) electrons. The van der Waals surface area contributed by atoms with Gasteiger partial charge in [-0.3, -0.25) is 4.79 Å². The lowest BCUT2D eigenvalue weighted by Crippen LogP contribution is -2.55. The maximum absolute atomic E-state index is 12.8. The molecule has 0 saturated heterocycles. The number of rotatable bonds is 4. The molecule has 0 unspecified atom stereocenters. The van der Waals surface area contributed by atoms with E-state index >= 15 is 0 Å². The second-order valence-corrected chi connectivity index (χ2v) is 5.14. The van der Waals surface area contributed by atoms with E-state index in [-0.39, 0.29) is 5.91 Å².